The van der Waals surface area contributed by atoms with Crippen molar-refractivity contribution in [3.05, 3.63) is 23.8 Å². The molecule has 0 spiro atoms. The molecule has 0 bridgehead atoms. The van der Waals surface area contributed by atoms with E-state index < -0.39 is 43.0 Å². The minimum Gasteiger partial charge on any atom is -0.484 e. The van der Waals surface area contributed by atoms with Crippen molar-refractivity contribution in [1.29, 1.82) is 0 Å². The summed E-state index contributed by atoms with van der Waals surface area (Å²) < 4.78 is 85.6. The van der Waals surface area contributed by atoms with E-state index in [4.69, 9.17) is 0 Å². The molecule has 1 rings (SSSR count). The summed E-state index contributed by atoms with van der Waals surface area (Å²) in [6, 6.07) is 2.69. The van der Waals surface area contributed by atoms with Crippen LogP contribution in [-0.4, -0.2) is 38.6 Å². The third kappa shape index (κ3) is 6.10. The molecule has 0 aliphatic carbocycles. The van der Waals surface area contributed by atoms with Gasteiger partial charge in [0.05, 0.1) is 7.11 Å². The van der Waals surface area contributed by atoms with Gasteiger partial charge in [-0.05, 0) is 12.1 Å². The number of halogens is 6. The maximum atomic E-state index is 12.1. The van der Waals surface area contributed by atoms with Crippen molar-refractivity contribution < 1.29 is 45.3 Å². The Balaban J connectivity index is 2.98. The molecule has 124 valence electrons. The van der Waals surface area contributed by atoms with Crippen molar-refractivity contribution in [3.63, 3.8) is 0 Å². The van der Waals surface area contributed by atoms with Crippen LogP contribution in [0.2, 0.25) is 0 Å². The van der Waals surface area contributed by atoms with Gasteiger partial charge in [0, 0.05) is 6.07 Å². The summed E-state index contributed by atoms with van der Waals surface area (Å²) in [7, 11) is 0.990. The van der Waals surface area contributed by atoms with Gasteiger partial charge in [-0.1, -0.05) is 0 Å². The van der Waals surface area contributed by atoms with Crippen molar-refractivity contribution in [2.24, 2.45) is 0 Å². The lowest BCUT2D eigenvalue weighted by Crippen LogP contribution is -2.21. The molecule has 22 heavy (non-hydrogen) atoms. The molecule has 1 aromatic rings. The van der Waals surface area contributed by atoms with Gasteiger partial charge in [-0.2, -0.15) is 26.3 Å². The zero-order valence-corrected chi connectivity index (χ0v) is 11.0. The van der Waals surface area contributed by atoms with E-state index in [2.05, 4.69) is 14.2 Å². The van der Waals surface area contributed by atoms with E-state index in [9.17, 15) is 31.1 Å². The summed E-state index contributed by atoms with van der Waals surface area (Å²) in [5, 5.41) is 0. The first-order valence-corrected chi connectivity index (χ1v) is 5.63. The molecular weight excluding hydrogens is 322 g/mol. The van der Waals surface area contributed by atoms with E-state index >= 15 is 0 Å². The average molecular weight is 332 g/mol. The molecule has 0 heterocycles. The molecule has 0 unspecified atom stereocenters. The molecule has 0 aromatic heterocycles. The first-order valence-electron chi connectivity index (χ1n) is 5.63. The summed E-state index contributed by atoms with van der Waals surface area (Å²) >= 11 is 0. The third-order valence-electron chi connectivity index (χ3n) is 2.15. The Morgan fingerprint density at radius 2 is 1.55 bits per heavy atom. The number of alkyl halides is 6. The molecule has 10 heteroatoms. The molecule has 0 aliphatic rings. The highest BCUT2D eigenvalue weighted by Gasteiger charge is 2.30. The maximum absolute atomic E-state index is 12.1. The summed E-state index contributed by atoms with van der Waals surface area (Å²) in [5.41, 5.74) is -0.369. The van der Waals surface area contributed by atoms with Crippen molar-refractivity contribution in [2.45, 2.75) is 12.4 Å². The standard InChI is InChI=1S/C12H10F6O4/c1-20-10(19)8-3-2-7(21-5-11(13,14)15)4-9(8)22-6-12(16,17)18/h2-4H,5-6H2,1H3. The lowest BCUT2D eigenvalue weighted by Gasteiger charge is -2.14. The van der Waals surface area contributed by atoms with Crippen molar-refractivity contribution in [3.8, 4) is 11.5 Å². The second-order valence-electron chi connectivity index (χ2n) is 3.96. The molecule has 1 aromatic carbocycles. The normalized spacial score (nSPS) is 12.0. The zero-order chi connectivity index (χ0) is 17.0. The number of rotatable bonds is 5. The van der Waals surface area contributed by atoms with Crippen LogP contribution in [0.5, 0.6) is 11.5 Å². The molecule has 0 saturated carbocycles. The van der Waals surface area contributed by atoms with Gasteiger partial charge in [-0.15, -0.1) is 0 Å². The minimum absolute atomic E-state index is 0.369. The van der Waals surface area contributed by atoms with E-state index in [0.717, 1.165) is 25.3 Å². The zero-order valence-electron chi connectivity index (χ0n) is 11.0. The maximum Gasteiger partial charge on any atom is 0.422 e. The van der Waals surface area contributed by atoms with Gasteiger partial charge < -0.3 is 14.2 Å². The van der Waals surface area contributed by atoms with E-state index in [1.54, 1.807) is 0 Å². The van der Waals surface area contributed by atoms with Crippen LogP contribution in [0.4, 0.5) is 26.3 Å². The molecule has 0 N–H and O–H groups in total. The number of carbonyl (C=O) groups is 1. The van der Waals surface area contributed by atoms with Crippen LogP contribution in [0, 0.1) is 0 Å². The molecule has 0 saturated heterocycles. The minimum atomic E-state index is -4.68. The molecule has 0 fully saturated rings. The highest BCUT2D eigenvalue weighted by molar-refractivity contribution is 5.92. The van der Waals surface area contributed by atoms with Gasteiger partial charge in [0.1, 0.15) is 17.1 Å². The second-order valence-corrected chi connectivity index (χ2v) is 3.96. The van der Waals surface area contributed by atoms with Gasteiger partial charge in [-0.25, -0.2) is 4.79 Å². The molecule has 0 radical (unpaired) electrons. The van der Waals surface area contributed by atoms with Gasteiger partial charge in [0.2, 0.25) is 0 Å². The predicted octanol–water partition coefficient (Wildman–Crippen LogP) is 3.36. The number of ether oxygens (including phenoxy) is 3. The average Bonchev–Trinajstić information content (AvgIpc) is 2.40. The van der Waals surface area contributed by atoms with Crippen LogP contribution < -0.4 is 9.47 Å². The Hall–Kier alpha value is -2.13. The largest absolute Gasteiger partial charge is 0.484 e. The molecule has 0 atom stereocenters. The monoisotopic (exact) mass is 332 g/mol. The van der Waals surface area contributed by atoms with E-state index in [-0.39, 0.29) is 5.56 Å². The highest BCUT2D eigenvalue weighted by atomic mass is 19.4. The van der Waals surface area contributed by atoms with E-state index in [0.29, 0.717) is 0 Å². The quantitative estimate of drug-likeness (QED) is 0.613. The number of hydrogen-bond donors (Lipinski definition) is 0. The first kappa shape index (κ1) is 17.9. The predicted molar refractivity (Wildman–Crippen MR) is 60.9 cm³/mol. The van der Waals surface area contributed by atoms with Gasteiger partial charge in [0.15, 0.2) is 13.2 Å². The number of carbonyl (C=O) groups excluding carboxylic acids is 1. The summed E-state index contributed by atoms with van der Waals surface area (Å²) in [6.45, 7) is -3.36. The summed E-state index contributed by atoms with van der Waals surface area (Å²) in [4.78, 5) is 11.4. The summed E-state index contributed by atoms with van der Waals surface area (Å²) in [5.74, 6) is -1.99. The molecule has 0 amide bonds. The lowest BCUT2D eigenvalue weighted by atomic mass is 10.2. The van der Waals surface area contributed by atoms with Gasteiger partial charge in [-0.3, -0.25) is 0 Å². The van der Waals surface area contributed by atoms with E-state index in [1.165, 1.54) is 0 Å². The van der Waals surface area contributed by atoms with Crippen molar-refractivity contribution in [2.75, 3.05) is 20.3 Å². The van der Waals surface area contributed by atoms with Crippen LogP contribution in [0.15, 0.2) is 18.2 Å². The highest BCUT2D eigenvalue weighted by Crippen LogP contribution is 2.28. The molecule has 0 aliphatic heterocycles. The van der Waals surface area contributed by atoms with Crippen LogP contribution in [0.3, 0.4) is 0 Å². The topological polar surface area (TPSA) is 44.8 Å². The Morgan fingerprint density at radius 3 is 2.05 bits per heavy atom. The molecule has 4 nitrogen and oxygen atoms in total. The number of benzene rings is 1. The lowest BCUT2D eigenvalue weighted by molar-refractivity contribution is -0.154. The van der Waals surface area contributed by atoms with Crippen LogP contribution in [-0.2, 0) is 4.74 Å². The summed E-state index contributed by atoms with van der Waals surface area (Å²) in [6.07, 6.45) is -9.30. The first-order chi connectivity index (χ1) is 10.0. The fraction of sp³-hybridized carbons (Fsp3) is 0.417. The fourth-order valence-electron chi connectivity index (χ4n) is 1.32. The Labute approximate surface area is 120 Å². The fourth-order valence-corrected chi connectivity index (χ4v) is 1.32. The van der Waals surface area contributed by atoms with Crippen molar-refractivity contribution >= 4 is 5.97 Å². The van der Waals surface area contributed by atoms with Gasteiger partial charge >= 0.3 is 18.3 Å². The number of methoxy groups -OCH3 is 1. The Kier molecular flexibility index (Phi) is 5.50. The second kappa shape index (κ2) is 6.75. The van der Waals surface area contributed by atoms with Crippen LogP contribution >= 0.6 is 0 Å². The number of hydrogen-bond acceptors (Lipinski definition) is 4. The SMILES string of the molecule is COC(=O)c1ccc(OCC(F)(F)F)cc1OCC(F)(F)F. The molecular formula is C12H10F6O4. The Bertz CT molecular complexity index is 523. The van der Waals surface area contributed by atoms with E-state index in [1.807, 2.05) is 0 Å². The Morgan fingerprint density at radius 1 is 1.00 bits per heavy atom. The smallest absolute Gasteiger partial charge is 0.422 e. The van der Waals surface area contributed by atoms with Crippen LogP contribution in [0.1, 0.15) is 10.4 Å². The van der Waals surface area contributed by atoms with Gasteiger partial charge in [0.25, 0.3) is 0 Å². The van der Waals surface area contributed by atoms with Crippen molar-refractivity contribution in [1.82, 2.24) is 0 Å². The number of esters is 1. The van der Waals surface area contributed by atoms with Crippen LogP contribution in [0.25, 0.3) is 0 Å². The third-order valence-corrected chi connectivity index (χ3v) is 2.15.